The second-order valence-corrected chi connectivity index (χ2v) is 7.63. The monoisotopic (exact) mass is 312 g/mol. The van der Waals surface area contributed by atoms with Crippen LogP contribution < -0.4 is 4.46 Å². The normalized spacial score (nSPS) is 23.4. The van der Waals surface area contributed by atoms with Gasteiger partial charge < -0.3 is 0 Å². The Balaban J connectivity index is 1.65. The van der Waals surface area contributed by atoms with Crippen molar-refractivity contribution in [2.24, 2.45) is 0 Å². The Kier molecular flexibility index (Phi) is 6.26. The molecule has 1 nitrogen and oxygen atoms in total. The molecule has 1 saturated heterocycles. The number of rotatable bonds is 7. The second kappa shape index (κ2) is 7.99. The van der Waals surface area contributed by atoms with Gasteiger partial charge in [-0.1, -0.05) is 0 Å². The van der Waals surface area contributed by atoms with E-state index in [2.05, 4.69) is 37.3 Å². The number of hydrogen-bond acceptors (Lipinski definition) is 1. The zero-order chi connectivity index (χ0) is 12.6. The average molecular weight is 311 g/mol. The van der Waals surface area contributed by atoms with Crippen molar-refractivity contribution in [2.75, 3.05) is 0 Å². The molecule has 0 bridgehead atoms. The molecule has 100 valence electrons. The summed E-state index contributed by atoms with van der Waals surface area (Å²) in [6.07, 6.45) is 9.82. The van der Waals surface area contributed by atoms with E-state index in [-0.39, 0.29) is 0 Å². The van der Waals surface area contributed by atoms with E-state index in [1.165, 1.54) is 49.4 Å². The van der Waals surface area contributed by atoms with Crippen LogP contribution in [0.4, 0.5) is 0 Å². The fraction of sp³-hybridized carbons (Fsp3) is 0.625. The van der Waals surface area contributed by atoms with Crippen LogP contribution in [0.5, 0.6) is 0 Å². The number of unbranched alkanes of at least 4 members (excludes halogenated alkanes) is 3. The van der Waals surface area contributed by atoms with Crippen molar-refractivity contribution in [1.29, 1.82) is 0 Å². The first kappa shape index (κ1) is 14.1. The van der Waals surface area contributed by atoms with Crippen molar-refractivity contribution in [1.82, 2.24) is 0 Å². The predicted molar refractivity (Wildman–Crippen MR) is 78.5 cm³/mol. The summed E-state index contributed by atoms with van der Waals surface area (Å²) in [5.74, 6) is 0. The minimum absolute atomic E-state index is 0.499. The molecular formula is C16H24OSe. The molecule has 1 aromatic carbocycles. The minimum atomic E-state index is 0.499. The van der Waals surface area contributed by atoms with Crippen LogP contribution in [0, 0.1) is 0 Å². The van der Waals surface area contributed by atoms with Crippen LogP contribution in [0.2, 0.25) is 0 Å². The predicted octanol–water partition coefficient (Wildman–Crippen LogP) is 3.49. The Hall–Kier alpha value is -0.301. The Morgan fingerprint density at radius 1 is 1.11 bits per heavy atom. The van der Waals surface area contributed by atoms with Crippen LogP contribution in [0.1, 0.15) is 51.9 Å². The van der Waals surface area contributed by atoms with Crippen LogP contribution in [0.15, 0.2) is 30.3 Å². The summed E-state index contributed by atoms with van der Waals surface area (Å²) in [4.78, 5) is 0. The molecule has 0 amide bonds. The summed E-state index contributed by atoms with van der Waals surface area (Å²) < 4.78 is 7.65. The van der Waals surface area contributed by atoms with Crippen LogP contribution in [-0.4, -0.2) is 26.1 Å². The van der Waals surface area contributed by atoms with E-state index in [0.29, 0.717) is 26.1 Å². The van der Waals surface area contributed by atoms with Gasteiger partial charge in [-0.3, -0.25) is 0 Å². The molecule has 1 heterocycles. The Labute approximate surface area is 117 Å². The summed E-state index contributed by atoms with van der Waals surface area (Å²) in [6, 6.07) is 10.8. The van der Waals surface area contributed by atoms with E-state index >= 15 is 0 Å². The zero-order valence-electron chi connectivity index (χ0n) is 11.3. The maximum atomic E-state index is 6.17. The molecule has 2 heteroatoms. The molecule has 2 atom stereocenters. The van der Waals surface area contributed by atoms with Gasteiger partial charge in [-0.2, -0.15) is 0 Å². The first-order valence-corrected chi connectivity index (χ1v) is 9.10. The molecule has 0 N–H and O–H groups in total. The number of benzene rings is 1. The summed E-state index contributed by atoms with van der Waals surface area (Å²) in [6.45, 7) is 2.27. The first-order chi connectivity index (χ1) is 8.88. The van der Waals surface area contributed by atoms with E-state index in [9.17, 15) is 0 Å². The van der Waals surface area contributed by atoms with Gasteiger partial charge in [-0.05, 0) is 0 Å². The summed E-state index contributed by atoms with van der Waals surface area (Å²) in [7, 11) is 0. The maximum absolute atomic E-state index is 6.17. The van der Waals surface area contributed by atoms with Gasteiger partial charge in [0.1, 0.15) is 0 Å². The molecule has 2 unspecified atom stereocenters. The number of hydrogen-bond donors (Lipinski definition) is 0. The SMILES string of the molecule is CCCCCCC1CCC([Se]c2ccccc2)O1. The van der Waals surface area contributed by atoms with Crippen molar-refractivity contribution in [3.8, 4) is 0 Å². The first-order valence-electron chi connectivity index (χ1n) is 7.25. The second-order valence-electron chi connectivity index (χ2n) is 5.05. The van der Waals surface area contributed by atoms with E-state index in [1.54, 1.807) is 0 Å². The molecule has 18 heavy (non-hydrogen) atoms. The standard InChI is InChI=1S/C16H24OSe/c1-2-3-4-6-9-14-12-13-16(17-14)18-15-10-7-5-8-11-15/h5,7-8,10-11,14,16H,2-4,6,9,12-13H2,1H3. The third-order valence-corrected chi connectivity index (χ3v) is 5.88. The fourth-order valence-electron chi connectivity index (χ4n) is 2.42. The van der Waals surface area contributed by atoms with Crippen molar-refractivity contribution in [3.05, 3.63) is 30.3 Å². The summed E-state index contributed by atoms with van der Waals surface area (Å²) in [5, 5.41) is 0.524. The van der Waals surface area contributed by atoms with Crippen LogP contribution in [0.25, 0.3) is 0 Å². The van der Waals surface area contributed by atoms with Gasteiger partial charge in [-0.15, -0.1) is 0 Å². The van der Waals surface area contributed by atoms with Crippen molar-refractivity contribution in [2.45, 2.75) is 63.0 Å². The van der Waals surface area contributed by atoms with Crippen LogP contribution in [0.3, 0.4) is 0 Å². The molecule has 1 aromatic rings. The molecule has 0 radical (unpaired) electrons. The molecular weight excluding hydrogens is 287 g/mol. The van der Waals surface area contributed by atoms with Gasteiger partial charge in [0.15, 0.2) is 0 Å². The third kappa shape index (κ3) is 4.76. The fourth-order valence-corrected chi connectivity index (χ4v) is 4.70. The average Bonchev–Trinajstić information content (AvgIpc) is 2.84. The van der Waals surface area contributed by atoms with Gasteiger partial charge in [0.2, 0.25) is 0 Å². The molecule has 1 aliphatic rings. The van der Waals surface area contributed by atoms with Crippen molar-refractivity contribution < 1.29 is 4.74 Å². The summed E-state index contributed by atoms with van der Waals surface area (Å²) in [5.41, 5.74) is 0. The number of ether oxygens (including phenoxy) is 1. The van der Waals surface area contributed by atoms with Crippen LogP contribution >= 0.6 is 0 Å². The molecule has 1 aliphatic heterocycles. The van der Waals surface area contributed by atoms with Gasteiger partial charge in [-0.25, -0.2) is 0 Å². The van der Waals surface area contributed by atoms with Gasteiger partial charge in [0.05, 0.1) is 0 Å². The van der Waals surface area contributed by atoms with Gasteiger partial charge in [0.25, 0.3) is 0 Å². The van der Waals surface area contributed by atoms with Gasteiger partial charge in [0, 0.05) is 0 Å². The van der Waals surface area contributed by atoms with E-state index in [0.717, 1.165) is 0 Å². The summed E-state index contributed by atoms with van der Waals surface area (Å²) >= 11 is 0.499. The van der Waals surface area contributed by atoms with Gasteiger partial charge >= 0.3 is 117 Å². The topological polar surface area (TPSA) is 9.23 Å². The van der Waals surface area contributed by atoms with Crippen LogP contribution in [-0.2, 0) is 4.74 Å². The molecule has 0 aliphatic carbocycles. The Morgan fingerprint density at radius 3 is 2.72 bits per heavy atom. The van der Waals surface area contributed by atoms with Crippen molar-refractivity contribution in [3.63, 3.8) is 0 Å². The molecule has 0 aromatic heterocycles. The van der Waals surface area contributed by atoms with E-state index in [1.807, 2.05) is 0 Å². The van der Waals surface area contributed by atoms with E-state index in [4.69, 9.17) is 4.74 Å². The quantitative estimate of drug-likeness (QED) is 0.553. The van der Waals surface area contributed by atoms with E-state index < -0.39 is 0 Å². The molecule has 2 rings (SSSR count). The molecule has 1 fully saturated rings. The third-order valence-electron chi connectivity index (χ3n) is 3.46. The van der Waals surface area contributed by atoms with Crippen molar-refractivity contribution >= 4 is 19.4 Å². The Bertz CT molecular complexity index is 325. The molecule has 0 spiro atoms. The molecule has 0 saturated carbocycles. The Morgan fingerprint density at radius 2 is 1.94 bits per heavy atom. The zero-order valence-corrected chi connectivity index (χ0v) is 13.0.